The first-order valence-corrected chi connectivity index (χ1v) is 9.81. The van der Waals surface area contributed by atoms with E-state index in [2.05, 4.69) is 23.3 Å². The van der Waals surface area contributed by atoms with Crippen LogP contribution in [0.1, 0.15) is 53.1 Å². The van der Waals surface area contributed by atoms with Gasteiger partial charge in [-0.1, -0.05) is 13.8 Å². The Morgan fingerprint density at radius 1 is 1.44 bits per heavy atom. The molecule has 1 N–H and O–H groups in total. The van der Waals surface area contributed by atoms with Crippen molar-refractivity contribution in [1.29, 1.82) is 5.26 Å². The van der Waals surface area contributed by atoms with E-state index >= 15 is 0 Å². The second-order valence-electron chi connectivity index (χ2n) is 6.70. The van der Waals surface area contributed by atoms with Crippen molar-refractivity contribution in [2.24, 2.45) is 5.92 Å². The van der Waals surface area contributed by atoms with E-state index in [4.69, 9.17) is 4.74 Å². The number of nitrogens with zero attached hydrogens (tertiary/aromatic N) is 2. The third-order valence-electron chi connectivity index (χ3n) is 4.69. The van der Waals surface area contributed by atoms with Gasteiger partial charge in [0.25, 0.3) is 5.91 Å². The van der Waals surface area contributed by atoms with Crippen LogP contribution in [0.5, 0.6) is 0 Å². The van der Waals surface area contributed by atoms with Gasteiger partial charge in [0.05, 0.1) is 11.1 Å². The van der Waals surface area contributed by atoms with Crippen molar-refractivity contribution in [3.8, 4) is 6.07 Å². The van der Waals surface area contributed by atoms with E-state index in [1.807, 2.05) is 0 Å². The maximum atomic E-state index is 12.7. The van der Waals surface area contributed by atoms with Crippen LogP contribution in [-0.4, -0.2) is 23.0 Å². The first kappa shape index (κ1) is 19.1. The highest BCUT2D eigenvalue weighted by atomic mass is 32.1. The Morgan fingerprint density at radius 3 is 2.85 bits per heavy atom. The predicted molar refractivity (Wildman–Crippen MR) is 103 cm³/mol. The highest BCUT2D eigenvalue weighted by Crippen LogP contribution is 2.39. The van der Waals surface area contributed by atoms with E-state index in [1.165, 1.54) is 40.7 Å². The fraction of sp³-hybridized carbons (Fsp3) is 0.400. The number of amides is 1. The Hall–Kier alpha value is -2.72. The van der Waals surface area contributed by atoms with Crippen LogP contribution in [-0.2, 0) is 22.4 Å². The third kappa shape index (κ3) is 4.17. The summed E-state index contributed by atoms with van der Waals surface area (Å²) in [6, 6.07) is 5.30. The molecule has 2 heterocycles. The van der Waals surface area contributed by atoms with Crippen LogP contribution in [0, 0.1) is 17.2 Å². The number of pyridine rings is 1. The van der Waals surface area contributed by atoms with Gasteiger partial charge in [0.2, 0.25) is 0 Å². The fourth-order valence-corrected chi connectivity index (χ4v) is 4.52. The summed E-state index contributed by atoms with van der Waals surface area (Å²) < 4.78 is 5.36. The van der Waals surface area contributed by atoms with Gasteiger partial charge in [0.1, 0.15) is 11.1 Å². The molecule has 3 rings (SSSR count). The molecule has 0 saturated heterocycles. The SMILES string of the molecule is CCC(OC(=O)c1ccncc1)C(=O)Nc1sc2c(c1C#N)CCC(C)C2. The fourth-order valence-electron chi connectivity index (χ4n) is 3.16. The Bertz CT molecular complexity index is 886. The number of anilines is 1. The number of fused-ring (bicyclic) bond motifs is 1. The van der Waals surface area contributed by atoms with E-state index in [-0.39, 0.29) is 0 Å². The molecule has 2 unspecified atom stereocenters. The highest BCUT2D eigenvalue weighted by Gasteiger charge is 2.27. The van der Waals surface area contributed by atoms with Crippen molar-refractivity contribution < 1.29 is 14.3 Å². The minimum Gasteiger partial charge on any atom is -0.449 e. The molecule has 0 radical (unpaired) electrons. The van der Waals surface area contributed by atoms with Gasteiger partial charge in [0.15, 0.2) is 6.10 Å². The van der Waals surface area contributed by atoms with Crippen molar-refractivity contribution in [3.05, 3.63) is 46.1 Å². The van der Waals surface area contributed by atoms with Gasteiger partial charge in [0, 0.05) is 17.3 Å². The highest BCUT2D eigenvalue weighted by molar-refractivity contribution is 7.16. The summed E-state index contributed by atoms with van der Waals surface area (Å²) in [5.41, 5.74) is 1.94. The minimum absolute atomic E-state index is 0.340. The molecule has 2 aromatic heterocycles. The van der Waals surface area contributed by atoms with E-state index in [9.17, 15) is 14.9 Å². The topological polar surface area (TPSA) is 92.1 Å². The summed E-state index contributed by atoms with van der Waals surface area (Å²) in [5, 5.41) is 12.9. The van der Waals surface area contributed by atoms with E-state index in [1.54, 1.807) is 6.92 Å². The number of carbonyl (C=O) groups excluding carboxylic acids is 2. The standard InChI is InChI=1S/C20H21N3O3S/c1-3-16(26-20(25)13-6-8-22-9-7-13)18(24)23-19-15(11-21)14-5-4-12(2)10-17(14)27-19/h6-9,12,16H,3-5,10H2,1-2H3,(H,23,24). The van der Waals surface area contributed by atoms with Gasteiger partial charge in [-0.2, -0.15) is 5.26 Å². The van der Waals surface area contributed by atoms with Gasteiger partial charge in [-0.05, 0) is 49.3 Å². The van der Waals surface area contributed by atoms with Gasteiger partial charge < -0.3 is 10.1 Å². The Labute approximate surface area is 162 Å². The molecular weight excluding hydrogens is 362 g/mol. The van der Waals surface area contributed by atoms with Crippen molar-refractivity contribution >= 4 is 28.2 Å². The lowest BCUT2D eigenvalue weighted by molar-refractivity contribution is -0.124. The third-order valence-corrected chi connectivity index (χ3v) is 5.86. The van der Waals surface area contributed by atoms with Gasteiger partial charge in [-0.3, -0.25) is 9.78 Å². The lowest BCUT2D eigenvalue weighted by atomic mass is 9.88. The number of nitriles is 1. The molecule has 0 aliphatic heterocycles. The van der Waals surface area contributed by atoms with E-state index in [0.717, 1.165) is 24.8 Å². The minimum atomic E-state index is -0.921. The lowest BCUT2D eigenvalue weighted by Crippen LogP contribution is -2.32. The molecule has 6 nitrogen and oxygen atoms in total. The van der Waals surface area contributed by atoms with Gasteiger partial charge >= 0.3 is 5.97 Å². The monoisotopic (exact) mass is 383 g/mol. The van der Waals surface area contributed by atoms with E-state index < -0.39 is 18.0 Å². The number of hydrogen-bond donors (Lipinski definition) is 1. The number of thiophene rings is 1. The molecule has 0 spiro atoms. The summed E-state index contributed by atoms with van der Waals surface area (Å²) in [6.07, 6.45) is 5.25. The maximum absolute atomic E-state index is 12.7. The van der Waals surface area contributed by atoms with Crippen molar-refractivity contribution in [2.45, 2.75) is 45.6 Å². The van der Waals surface area contributed by atoms with Crippen molar-refractivity contribution in [3.63, 3.8) is 0 Å². The molecule has 1 aliphatic carbocycles. The number of rotatable bonds is 5. The van der Waals surface area contributed by atoms with Crippen LogP contribution in [0.25, 0.3) is 0 Å². The summed E-state index contributed by atoms with van der Waals surface area (Å²) in [7, 11) is 0. The molecule has 1 aliphatic rings. The van der Waals surface area contributed by atoms with Crippen LogP contribution < -0.4 is 5.32 Å². The van der Waals surface area contributed by atoms with Crippen LogP contribution in [0.15, 0.2) is 24.5 Å². The summed E-state index contributed by atoms with van der Waals surface area (Å²) >= 11 is 1.46. The number of aromatic nitrogens is 1. The van der Waals surface area contributed by atoms with E-state index in [0.29, 0.717) is 28.5 Å². The zero-order chi connectivity index (χ0) is 19.4. The Kier molecular flexibility index (Phi) is 5.87. The van der Waals surface area contributed by atoms with Crippen LogP contribution >= 0.6 is 11.3 Å². The predicted octanol–water partition coefficient (Wildman–Crippen LogP) is 3.71. The molecule has 0 fully saturated rings. The second kappa shape index (κ2) is 8.31. The molecule has 0 saturated carbocycles. The molecule has 140 valence electrons. The number of carbonyl (C=O) groups is 2. The lowest BCUT2D eigenvalue weighted by Gasteiger charge is -2.17. The first-order valence-electron chi connectivity index (χ1n) is 9.00. The summed E-state index contributed by atoms with van der Waals surface area (Å²) in [6.45, 7) is 3.97. The summed E-state index contributed by atoms with van der Waals surface area (Å²) in [4.78, 5) is 29.9. The first-order chi connectivity index (χ1) is 13.0. The molecular formula is C20H21N3O3S. The average molecular weight is 383 g/mol. The van der Waals surface area contributed by atoms with Gasteiger partial charge in [-0.15, -0.1) is 11.3 Å². The van der Waals surface area contributed by atoms with Crippen molar-refractivity contribution in [1.82, 2.24) is 4.98 Å². The Morgan fingerprint density at radius 2 is 2.19 bits per heavy atom. The largest absolute Gasteiger partial charge is 0.449 e. The quantitative estimate of drug-likeness (QED) is 0.795. The number of esters is 1. The average Bonchev–Trinajstić information content (AvgIpc) is 3.02. The van der Waals surface area contributed by atoms with Gasteiger partial charge in [-0.25, -0.2) is 4.79 Å². The van der Waals surface area contributed by atoms with Crippen LogP contribution in [0.3, 0.4) is 0 Å². The number of ether oxygens (including phenoxy) is 1. The normalized spacial score (nSPS) is 16.7. The second-order valence-corrected chi connectivity index (χ2v) is 7.80. The zero-order valence-electron chi connectivity index (χ0n) is 15.3. The molecule has 0 aromatic carbocycles. The molecule has 2 aromatic rings. The molecule has 0 bridgehead atoms. The molecule has 7 heteroatoms. The Balaban J connectivity index is 1.74. The number of hydrogen-bond acceptors (Lipinski definition) is 6. The zero-order valence-corrected chi connectivity index (χ0v) is 16.1. The number of nitrogens with one attached hydrogen (secondary N) is 1. The molecule has 2 atom stereocenters. The molecule has 27 heavy (non-hydrogen) atoms. The van der Waals surface area contributed by atoms with Crippen LogP contribution in [0.4, 0.5) is 5.00 Å². The maximum Gasteiger partial charge on any atom is 0.339 e. The van der Waals surface area contributed by atoms with Crippen LogP contribution in [0.2, 0.25) is 0 Å². The smallest absolute Gasteiger partial charge is 0.339 e. The van der Waals surface area contributed by atoms with Crippen molar-refractivity contribution in [2.75, 3.05) is 5.32 Å². The summed E-state index contributed by atoms with van der Waals surface area (Å²) in [5.74, 6) is -0.404. The molecule has 1 amide bonds.